The average Bonchev–Trinajstić information content (AvgIpc) is 2.87. The molecular weight excluding hydrogens is 488 g/mol. The van der Waals surface area contributed by atoms with Crippen molar-refractivity contribution in [1.29, 1.82) is 0 Å². The number of nitrogens with one attached hydrogen (secondary N) is 3. The highest BCUT2D eigenvalue weighted by molar-refractivity contribution is 6.32. The number of aromatic amines is 1. The predicted molar refractivity (Wildman–Crippen MR) is 137 cm³/mol. The maximum atomic E-state index is 11.4. The number of benzene rings is 2. The van der Waals surface area contributed by atoms with Crippen LogP contribution in [0.25, 0.3) is 0 Å². The van der Waals surface area contributed by atoms with Crippen molar-refractivity contribution in [2.45, 2.75) is 13.1 Å². The number of halogens is 1. The van der Waals surface area contributed by atoms with Crippen LogP contribution in [0.3, 0.4) is 0 Å². The maximum Gasteiger partial charge on any atom is 0.356 e. The Morgan fingerprint density at radius 2 is 1.28 bits per heavy atom. The van der Waals surface area contributed by atoms with E-state index in [1.807, 2.05) is 60.7 Å². The van der Waals surface area contributed by atoms with Gasteiger partial charge in [0.25, 0.3) is 0 Å². The number of nitro groups is 2. The lowest BCUT2D eigenvalue weighted by atomic mass is 10.2. The smallest absolute Gasteiger partial charge is 0.356 e. The topological polar surface area (TPSA) is 156 Å². The van der Waals surface area contributed by atoms with Crippen molar-refractivity contribution < 1.29 is 9.85 Å². The number of aromatic nitrogens is 2. The average molecular weight is 509 g/mol. The maximum absolute atomic E-state index is 11.4. The van der Waals surface area contributed by atoms with E-state index >= 15 is 0 Å². The van der Waals surface area contributed by atoms with Crippen LogP contribution in [0.1, 0.15) is 11.1 Å². The van der Waals surface area contributed by atoms with Crippen molar-refractivity contribution in [2.75, 3.05) is 10.6 Å². The summed E-state index contributed by atoms with van der Waals surface area (Å²) < 4.78 is 0. The highest BCUT2D eigenvalue weighted by Crippen LogP contribution is 2.30. The summed E-state index contributed by atoms with van der Waals surface area (Å²) in [4.78, 5) is 37.8. The lowest BCUT2D eigenvalue weighted by Crippen LogP contribution is -2.14. The fourth-order valence-electron chi connectivity index (χ4n) is 3.13. The third kappa shape index (κ3) is 7.11. The highest BCUT2D eigenvalue weighted by Gasteiger charge is 2.19. The van der Waals surface area contributed by atoms with Gasteiger partial charge in [-0.15, -0.1) is 0 Å². The number of hydrogen-bond donors (Lipinski definition) is 3. The van der Waals surface area contributed by atoms with E-state index in [0.29, 0.717) is 18.8 Å². The van der Waals surface area contributed by atoms with Gasteiger partial charge in [0.05, 0.1) is 9.85 Å². The van der Waals surface area contributed by atoms with E-state index in [9.17, 15) is 25.0 Å². The number of nitrogens with zero attached hydrogens (tertiary/aromatic N) is 3. The molecule has 0 fully saturated rings. The Bertz CT molecular complexity index is 1380. The van der Waals surface area contributed by atoms with Gasteiger partial charge in [0.15, 0.2) is 0 Å². The largest absolute Gasteiger partial charge is 0.375 e. The first-order valence-corrected chi connectivity index (χ1v) is 10.9. The molecule has 2 aromatic heterocycles. The molecule has 11 nitrogen and oxygen atoms in total. The highest BCUT2D eigenvalue weighted by atomic mass is 35.5. The Kier molecular flexibility index (Phi) is 9.06. The quantitative estimate of drug-likeness (QED) is 0.167. The van der Waals surface area contributed by atoms with E-state index in [2.05, 4.69) is 20.6 Å². The molecule has 2 heterocycles. The molecule has 12 heteroatoms. The molecule has 0 atom stereocenters. The molecule has 0 spiro atoms. The summed E-state index contributed by atoms with van der Waals surface area (Å²) in [5, 5.41) is 27.5. The van der Waals surface area contributed by atoms with Crippen molar-refractivity contribution in [3.63, 3.8) is 0 Å². The zero-order chi connectivity index (χ0) is 25.9. The first-order chi connectivity index (χ1) is 17.4. The lowest BCUT2D eigenvalue weighted by molar-refractivity contribution is -0.385. The third-order valence-corrected chi connectivity index (χ3v) is 5.11. The summed E-state index contributed by atoms with van der Waals surface area (Å²) in [5.74, 6) is 0. The Labute approximate surface area is 210 Å². The van der Waals surface area contributed by atoms with Crippen molar-refractivity contribution in [3.8, 4) is 0 Å². The summed E-state index contributed by atoms with van der Waals surface area (Å²) in [5.41, 5.74) is 1.21. The van der Waals surface area contributed by atoms with Crippen LogP contribution in [0.15, 0.2) is 90.0 Å². The zero-order valence-electron chi connectivity index (χ0n) is 18.8. The third-order valence-electron chi connectivity index (χ3n) is 4.83. The second-order valence-corrected chi connectivity index (χ2v) is 7.62. The molecule has 0 aliphatic carbocycles. The Morgan fingerprint density at radius 1 is 0.778 bits per heavy atom. The summed E-state index contributed by atoms with van der Waals surface area (Å²) >= 11 is 5.71. The fraction of sp³-hybridized carbons (Fsp3) is 0.0833. The van der Waals surface area contributed by atoms with Crippen LogP contribution in [0.5, 0.6) is 0 Å². The summed E-state index contributed by atoms with van der Waals surface area (Å²) in [6.07, 6.45) is 2.81. The zero-order valence-corrected chi connectivity index (χ0v) is 19.5. The van der Waals surface area contributed by atoms with Gasteiger partial charge in [-0.3, -0.25) is 25.0 Å². The van der Waals surface area contributed by atoms with Gasteiger partial charge in [0.1, 0.15) is 11.4 Å². The van der Waals surface area contributed by atoms with Crippen LogP contribution in [-0.4, -0.2) is 19.8 Å². The molecule has 184 valence electrons. The minimum atomic E-state index is -0.710. The Balaban J connectivity index is 0.000000201. The Hall–Kier alpha value is -4.77. The van der Waals surface area contributed by atoms with Gasteiger partial charge in [-0.1, -0.05) is 72.3 Å². The van der Waals surface area contributed by atoms with Crippen LogP contribution >= 0.6 is 11.6 Å². The standard InChI is InChI=1S/C12H10ClN3O2.C12H11N3O3/c13-12-11(16(17)18)10(6-7-14-12)15-8-9-4-2-1-3-5-9;16-12-11(15(17)18)10(6-7-13-12)14-8-9-4-2-1-3-5-9/h1-7H,8H2,(H,14,15);1-7H,8H2,(H2,13,14,16). The van der Waals surface area contributed by atoms with Crippen molar-refractivity contribution in [2.24, 2.45) is 0 Å². The van der Waals surface area contributed by atoms with Crippen LogP contribution in [0.2, 0.25) is 5.15 Å². The molecule has 0 aliphatic rings. The first kappa shape index (κ1) is 25.8. The van der Waals surface area contributed by atoms with E-state index in [1.165, 1.54) is 24.5 Å². The summed E-state index contributed by atoms with van der Waals surface area (Å²) in [7, 11) is 0. The minimum absolute atomic E-state index is 0.113. The molecule has 4 rings (SSSR count). The number of H-pyrrole nitrogens is 1. The molecule has 0 bridgehead atoms. The molecule has 0 saturated carbocycles. The molecule has 0 unspecified atom stereocenters. The predicted octanol–water partition coefficient (Wildman–Crippen LogP) is 5.15. The number of hydrogen-bond acceptors (Lipinski definition) is 8. The summed E-state index contributed by atoms with van der Waals surface area (Å²) in [6, 6.07) is 22.0. The van der Waals surface area contributed by atoms with E-state index in [4.69, 9.17) is 11.6 Å². The van der Waals surface area contributed by atoms with Crippen LogP contribution in [-0.2, 0) is 13.1 Å². The molecular formula is C24H21ClN6O5. The van der Waals surface area contributed by atoms with Crippen LogP contribution < -0.4 is 16.2 Å². The molecule has 2 aromatic carbocycles. The first-order valence-electron chi connectivity index (χ1n) is 10.6. The molecule has 0 saturated heterocycles. The Morgan fingerprint density at radius 3 is 1.78 bits per heavy atom. The molecule has 3 N–H and O–H groups in total. The van der Waals surface area contributed by atoms with E-state index in [-0.39, 0.29) is 16.5 Å². The molecule has 0 aliphatic heterocycles. The van der Waals surface area contributed by atoms with Crippen LogP contribution in [0.4, 0.5) is 22.7 Å². The second kappa shape index (κ2) is 12.6. The fourth-order valence-corrected chi connectivity index (χ4v) is 3.35. The number of rotatable bonds is 8. The van der Waals surface area contributed by atoms with E-state index < -0.39 is 21.1 Å². The van der Waals surface area contributed by atoms with Crippen molar-refractivity contribution >= 4 is 34.4 Å². The number of pyridine rings is 2. The van der Waals surface area contributed by atoms with Gasteiger partial charge in [0.2, 0.25) is 5.15 Å². The van der Waals surface area contributed by atoms with Gasteiger partial charge in [-0.2, -0.15) is 0 Å². The SMILES string of the molecule is O=[N+]([O-])c1c(NCc2ccccc2)ccnc1Cl.O=c1[nH]ccc(NCc2ccccc2)c1[N+](=O)[O-]. The van der Waals surface area contributed by atoms with Gasteiger partial charge in [-0.25, -0.2) is 4.98 Å². The normalized spacial score (nSPS) is 10.0. The summed E-state index contributed by atoms with van der Waals surface area (Å²) in [6.45, 7) is 0.910. The van der Waals surface area contributed by atoms with E-state index in [0.717, 1.165) is 11.1 Å². The minimum Gasteiger partial charge on any atom is -0.375 e. The van der Waals surface area contributed by atoms with Crippen molar-refractivity contribution in [3.05, 3.63) is 132 Å². The van der Waals surface area contributed by atoms with Gasteiger partial charge < -0.3 is 15.6 Å². The van der Waals surface area contributed by atoms with Gasteiger partial charge in [0, 0.05) is 25.5 Å². The van der Waals surface area contributed by atoms with Gasteiger partial charge >= 0.3 is 16.9 Å². The molecule has 0 amide bonds. The number of anilines is 2. The monoisotopic (exact) mass is 508 g/mol. The second-order valence-electron chi connectivity index (χ2n) is 7.26. The molecule has 0 radical (unpaired) electrons. The van der Waals surface area contributed by atoms with Crippen molar-refractivity contribution in [1.82, 2.24) is 9.97 Å². The van der Waals surface area contributed by atoms with Gasteiger partial charge in [-0.05, 0) is 23.3 Å². The van der Waals surface area contributed by atoms with Crippen LogP contribution in [0, 0.1) is 20.2 Å². The molecule has 36 heavy (non-hydrogen) atoms. The van der Waals surface area contributed by atoms with E-state index in [1.54, 1.807) is 0 Å². The molecule has 4 aromatic rings. The lowest BCUT2D eigenvalue weighted by Gasteiger charge is -2.07.